The lowest BCUT2D eigenvalue weighted by atomic mass is 10.0. The SMILES string of the molecule is Nc1cc2c(cc1Oc1cc(F)cc(F)c1)CCC(=O)N2. The molecule has 1 aliphatic heterocycles. The minimum atomic E-state index is -0.728. The third-order valence-corrected chi connectivity index (χ3v) is 3.19. The van der Waals surface area contributed by atoms with Crippen molar-refractivity contribution in [1.82, 2.24) is 0 Å². The number of nitrogens with one attached hydrogen (secondary N) is 1. The quantitative estimate of drug-likeness (QED) is 0.835. The maximum absolute atomic E-state index is 13.1. The molecule has 1 amide bonds. The monoisotopic (exact) mass is 290 g/mol. The van der Waals surface area contributed by atoms with Gasteiger partial charge in [0.05, 0.1) is 5.69 Å². The molecule has 3 rings (SSSR count). The van der Waals surface area contributed by atoms with Gasteiger partial charge in [0.2, 0.25) is 5.91 Å². The highest BCUT2D eigenvalue weighted by molar-refractivity contribution is 5.94. The predicted octanol–water partition coefficient (Wildman–Crippen LogP) is 3.22. The summed E-state index contributed by atoms with van der Waals surface area (Å²) in [4.78, 5) is 11.3. The molecule has 2 aromatic rings. The molecule has 21 heavy (non-hydrogen) atoms. The molecule has 0 saturated carbocycles. The third kappa shape index (κ3) is 2.79. The number of benzene rings is 2. The van der Waals surface area contributed by atoms with Crippen molar-refractivity contribution in [2.24, 2.45) is 0 Å². The third-order valence-electron chi connectivity index (χ3n) is 3.19. The summed E-state index contributed by atoms with van der Waals surface area (Å²) in [5.41, 5.74) is 7.64. The lowest BCUT2D eigenvalue weighted by molar-refractivity contribution is -0.116. The van der Waals surface area contributed by atoms with Crippen molar-refractivity contribution in [2.75, 3.05) is 11.1 Å². The Morgan fingerprint density at radius 3 is 2.48 bits per heavy atom. The van der Waals surface area contributed by atoms with E-state index in [4.69, 9.17) is 10.5 Å². The maximum atomic E-state index is 13.1. The average molecular weight is 290 g/mol. The van der Waals surface area contributed by atoms with Crippen LogP contribution in [0.2, 0.25) is 0 Å². The normalized spacial score (nSPS) is 13.5. The molecule has 1 aliphatic rings. The van der Waals surface area contributed by atoms with Crippen molar-refractivity contribution in [2.45, 2.75) is 12.8 Å². The Bertz CT molecular complexity index is 712. The molecule has 0 bridgehead atoms. The number of aryl methyl sites for hydroxylation is 1. The smallest absolute Gasteiger partial charge is 0.224 e. The van der Waals surface area contributed by atoms with Crippen LogP contribution < -0.4 is 15.8 Å². The van der Waals surface area contributed by atoms with Crippen LogP contribution in [0.25, 0.3) is 0 Å². The zero-order valence-corrected chi connectivity index (χ0v) is 11.0. The Kier molecular flexibility index (Phi) is 3.21. The van der Waals surface area contributed by atoms with E-state index < -0.39 is 11.6 Å². The second-order valence-electron chi connectivity index (χ2n) is 4.80. The van der Waals surface area contributed by atoms with Crippen molar-refractivity contribution in [1.29, 1.82) is 0 Å². The van der Waals surface area contributed by atoms with E-state index in [1.165, 1.54) is 0 Å². The Balaban J connectivity index is 1.94. The number of anilines is 2. The molecular weight excluding hydrogens is 278 g/mol. The largest absolute Gasteiger partial charge is 0.455 e. The van der Waals surface area contributed by atoms with Crippen LogP contribution in [-0.2, 0) is 11.2 Å². The molecule has 0 saturated heterocycles. The average Bonchev–Trinajstić information content (AvgIpc) is 2.38. The number of ether oxygens (including phenoxy) is 1. The molecule has 1 heterocycles. The molecule has 6 heteroatoms. The molecular formula is C15H12F2N2O2. The fraction of sp³-hybridized carbons (Fsp3) is 0.133. The van der Waals surface area contributed by atoms with Gasteiger partial charge in [-0.15, -0.1) is 0 Å². The standard InChI is InChI=1S/C15H12F2N2O2/c16-9-4-10(17)6-11(5-9)21-14-3-8-1-2-15(20)19-13(8)7-12(14)18/h3-7H,1-2,18H2,(H,19,20). The fourth-order valence-corrected chi connectivity index (χ4v) is 2.23. The molecule has 108 valence electrons. The van der Waals surface area contributed by atoms with Crippen LogP contribution in [0, 0.1) is 11.6 Å². The van der Waals surface area contributed by atoms with Gasteiger partial charge in [0.25, 0.3) is 0 Å². The van der Waals surface area contributed by atoms with Gasteiger partial charge in [-0.1, -0.05) is 0 Å². The van der Waals surface area contributed by atoms with Crippen molar-refractivity contribution < 1.29 is 18.3 Å². The molecule has 0 atom stereocenters. The van der Waals surface area contributed by atoms with E-state index in [-0.39, 0.29) is 17.3 Å². The topological polar surface area (TPSA) is 64.3 Å². The van der Waals surface area contributed by atoms with E-state index in [2.05, 4.69) is 5.32 Å². The first kappa shape index (κ1) is 13.4. The van der Waals surface area contributed by atoms with Gasteiger partial charge < -0.3 is 15.8 Å². The van der Waals surface area contributed by atoms with E-state index in [0.717, 1.165) is 23.8 Å². The van der Waals surface area contributed by atoms with E-state index in [9.17, 15) is 13.6 Å². The van der Waals surface area contributed by atoms with Crippen LogP contribution in [0.3, 0.4) is 0 Å². The fourth-order valence-electron chi connectivity index (χ4n) is 2.23. The number of halogens is 2. The first-order chi connectivity index (χ1) is 10.0. The number of nitrogens with two attached hydrogens (primary N) is 1. The Hall–Kier alpha value is -2.63. The summed E-state index contributed by atoms with van der Waals surface area (Å²) in [5.74, 6) is -1.20. The molecule has 0 aliphatic carbocycles. The first-order valence-corrected chi connectivity index (χ1v) is 6.37. The van der Waals surface area contributed by atoms with Crippen molar-refractivity contribution in [3.63, 3.8) is 0 Å². The van der Waals surface area contributed by atoms with E-state index >= 15 is 0 Å². The van der Waals surface area contributed by atoms with Gasteiger partial charge in [-0.3, -0.25) is 4.79 Å². The molecule has 4 nitrogen and oxygen atoms in total. The highest BCUT2D eigenvalue weighted by Crippen LogP contribution is 2.35. The van der Waals surface area contributed by atoms with Crippen molar-refractivity contribution in [3.05, 3.63) is 47.5 Å². The molecule has 0 fully saturated rings. The highest BCUT2D eigenvalue weighted by Gasteiger charge is 2.17. The number of carbonyl (C=O) groups is 1. The predicted molar refractivity (Wildman–Crippen MR) is 74.2 cm³/mol. The van der Waals surface area contributed by atoms with Gasteiger partial charge in [0.15, 0.2) is 5.75 Å². The molecule has 0 unspecified atom stereocenters. The second kappa shape index (κ2) is 5.05. The number of amides is 1. The van der Waals surface area contributed by atoms with Crippen LogP contribution in [0.1, 0.15) is 12.0 Å². The minimum Gasteiger partial charge on any atom is -0.455 e. The van der Waals surface area contributed by atoms with Crippen LogP contribution >= 0.6 is 0 Å². The van der Waals surface area contributed by atoms with Crippen LogP contribution in [0.15, 0.2) is 30.3 Å². The Morgan fingerprint density at radius 2 is 1.76 bits per heavy atom. The number of nitrogen functional groups attached to an aromatic ring is 1. The zero-order chi connectivity index (χ0) is 15.0. The number of carbonyl (C=O) groups excluding carboxylic acids is 1. The number of fused-ring (bicyclic) bond motifs is 1. The summed E-state index contributed by atoms with van der Waals surface area (Å²) in [6, 6.07) is 6.16. The molecule has 0 aromatic heterocycles. The number of hydrogen-bond donors (Lipinski definition) is 2. The molecule has 3 N–H and O–H groups in total. The van der Waals surface area contributed by atoms with E-state index in [0.29, 0.717) is 24.3 Å². The summed E-state index contributed by atoms with van der Waals surface area (Å²) < 4.78 is 31.7. The summed E-state index contributed by atoms with van der Waals surface area (Å²) in [7, 11) is 0. The van der Waals surface area contributed by atoms with Crippen LogP contribution in [0.5, 0.6) is 11.5 Å². The Morgan fingerprint density at radius 1 is 1.05 bits per heavy atom. The lowest BCUT2D eigenvalue weighted by Gasteiger charge is -2.19. The van der Waals surface area contributed by atoms with Gasteiger partial charge in [0.1, 0.15) is 17.4 Å². The van der Waals surface area contributed by atoms with Crippen molar-refractivity contribution >= 4 is 17.3 Å². The summed E-state index contributed by atoms with van der Waals surface area (Å²) in [5, 5.41) is 2.72. The van der Waals surface area contributed by atoms with Gasteiger partial charge in [0, 0.05) is 30.3 Å². The lowest BCUT2D eigenvalue weighted by Crippen LogP contribution is -2.19. The molecule has 0 spiro atoms. The summed E-state index contributed by atoms with van der Waals surface area (Å²) in [6.07, 6.45) is 0.945. The van der Waals surface area contributed by atoms with E-state index in [1.54, 1.807) is 12.1 Å². The maximum Gasteiger partial charge on any atom is 0.224 e. The zero-order valence-electron chi connectivity index (χ0n) is 11.0. The molecule has 2 aromatic carbocycles. The van der Waals surface area contributed by atoms with E-state index in [1.807, 2.05) is 0 Å². The first-order valence-electron chi connectivity index (χ1n) is 6.37. The van der Waals surface area contributed by atoms with Crippen LogP contribution in [-0.4, -0.2) is 5.91 Å². The molecule has 0 radical (unpaired) electrons. The van der Waals surface area contributed by atoms with Gasteiger partial charge >= 0.3 is 0 Å². The van der Waals surface area contributed by atoms with Gasteiger partial charge in [-0.2, -0.15) is 0 Å². The Labute approximate surface area is 119 Å². The van der Waals surface area contributed by atoms with Crippen LogP contribution in [0.4, 0.5) is 20.2 Å². The van der Waals surface area contributed by atoms with Gasteiger partial charge in [-0.05, 0) is 24.1 Å². The number of hydrogen-bond acceptors (Lipinski definition) is 3. The summed E-state index contributed by atoms with van der Waals surface area (Å²) in [6.45, 7) is 0. The van der Waals surface area contributed by atoms with Gasteiger partial charge in [-0.25, -0.2) is 8.78 Å². The summed E-state index contributed by atoms with van der Waals surface area (Å²) >= 11 is 0. The minimum absolute atomic E-state index is 0.0268. The number of rotatable bonds is 2. The highest BCUT2D eigenvalue weighted by atomic mass is 19.1. The van der Waals surface area contributed by atoms with Crippen molar-refractivity contribution in [3.8, 4) is 11.5 Å². The second-order valence-corrected chi connectivity index (χ2v) is 4.80.